The minimum absolute atomic E-state index is 0.267. The summed E-state index contributed by atoms with van der Waals surface area (Å²) in [7, 11) is 0.500. The summed E-state index contributed by atoms with van der Waals surface area (Å²) in [6.07, 6.45) is 7.27. The minimum Gasteiger partial charge on any atom is -0.387 e. The van der Waals surface area contributed by atoms with Crippen molar-refractivity contribution in [3.63, 3.8) is 0 Å². The third-order valence-corrected chi connectivity index (χ3v) is 2.41. The van der Waals surface area contributed by atoms with Crippen LogP contribution in [0.1, 0.15) is 44.9 Å². The van der Waals surface area contributed by atoms with Crippen molar-refractivity contribution >= 4 is 17.7 Å². The highest BCUT2D eigenvalue weighted by atomic mass is 35.5. The van der Waals surface area contributed by atoms with Gasteiger partial charge in [-0.25, -0.2) is 0 Å². The Morgan fingerprint density at radius 2 is 1.64 bits per heavy atom. The second kappa shape index (κ2) is 22.1. The van der Waals surface area contributed by atoms with Crippen molar-refractivity contribution in [3.8, 4) is 0 Å². The molecule has 0 amide bonds. The van der Waals surface area contributed by atoms with Crippen LogP contribution in [0, 0.1) is 0 Å². The number of aliphatic hydroxyl groups is 1. The number of halogens is 2. The van der Waals surface area contributed by atoms with Crippen LogP contribution >= 0.6 is 11.6 Å². The highest BCUT2D eigenvalue weighted by Crippen LogP contribution is 2.13. The molecule has 1 unspecified atom stereocenters. The van der Waals surface area contributed by atoms with Crippen molar-refractivity contribution in [1.82, 2.24) is 0 Å². The molecular formula is C18H31ClFNO. The van der Waals surface area contributed by atoms with Gasteiger partial charge in [0.1, 0.15) is 0 Å². The molecule has 0 aromatic heterocycles. The summed E-state index contributed by atoms with van der Waals surface area (Å²) in [5, 5.41) is 9.41. The number of alkyl halides is 2. The Morgan fingerprint density at radius 1 is 1.14 bits per heavy atom. The standard InChI is InChI=1S/C11H15NO.C4H7Cl.C2H6.CH3F/c1-2-3-9-4-6-10(7-5-9)11(13)8-12;1-2-3-4-5;2*1-2/h2-7,11,13H,8,12H2,1H3;2-3H,4H2,1H3;1-2H3;1H3/b3-2+;3-2-;;. The third-order valence-electron chi connectivity index (χ3n) is 2.23. The van der Waals surface area contributed by atoms with Crippen LogP contribution in [-0.4, -0.2) is 24.7 Å². The molecule has 4 heteroatoms. The number of hydrogen-bond donors (Lipinski definition) is 2. The molecule has 0 bridgehead atoms. The molecule has 22 heavy (non-hydrogen) atoms. The van der Waals surface area contributed by atoms with Crippen molar-refractivity contribution in [1.29, 1.82) is 0 Å². The van der Waals surface area contributed by atoms with Crippen molar-refractivity contribution < 1.29 is 9.50 Å². The van der Waals surface area contributed by atoms with Crippen molar-refractivity contribution in [2.75, 3.05) is 19.6 Å². The molecule has 0 aliphatic heterocycles. The number of aliphatic hydroxyl groups excluding tert-OH is 1. The zero-order valence-corrected chi connectivity index (χ0v) is 15.1. The van der Waals surface area contributed by atoms with E-state index in [2.05, 4.69) is 0 Å². The van der Waals surface area contributed by atoms with E-state index in [0.717, 1.165) is 11.1 Å². The Morgan fingerprint density at radius 3 is 1.91 bits per heavy atom. The van der Waals surface area contributed by atoms with Crippen LogP contribution in [0.2, 0.25) is 0 Å². The summed E-state index contributed by atoms with van der Waals surface area (Å²) >= 11 is 5.21. The second-order valence-electron chi connectivity index (χ2n) is 3.64. The third kappa shape index (κ3) is 15.2. The van der Waals surface area contributed by atoms with E-state index < -0.39 is 6.10 Å². The summed E-state index contributed by atoms with van der Waals surface area (Å²) in [6.45, 7) is 8.19. The topological polar surface area (TPSA) is 46.2 Å². The Balaban J connectivity index is -0.000000338. The largest absolute Gasteiger partial charge is 0.387 e. The number of benzene rings is 1. The Hall–Kier alpha value is -1.16. The van der Waals surface area contributed by atoms with Gasteiger partial charge in [-0.1, -0.05) is 62.4 Å². The van der Waals surface area contributed by atoms with Gasteiger partial charge in [-0.2, -0.15) is 0 Å². The molecule has 0 heterocycles. The molecule has 0 aliphatic carbocycles. The monoisotopic (exact) mass is 331 g/mol. The first kappa shape index (κ1) is 25.8. The van der Waals surface area contributed by atoms with Crippen molar-refractivity contribution in [2.45, 2.75) is 33.8 Å². The average Bonchev–Trinajstić information content (AvgIpc) is 2.60. The van der Waals surface area contributed by atoms with E-state index in [0.29, 0.717) is 13.1 Å². The maximum Gasteiger partial charge on any atom is 0.0912 e. The van der Waals surface area contributed by atoms with E-state index in [1.807, 2.05) is 76.3 Å². The molecule has 1 aromatic carbocycles. The highest BCUT2D eigenvalue weighted by Gasteiger charge is 2.02. The molecule has 1 aromatic rings. The SMILES string of the molecule is C/C=C/c1ccc(C(O)CN)cc1.C/C=C\CCl.CC.CF. The van der Waals surface area contributed by atoms with E-state index >= 15 is 0 Å². The number of nitrogens with two attached hydrogens (primary N) is 1. The first-order chi connectivity index (χ1) is 10.7. The molecule has 0 aliphatic rings. The molecule has 1 rings (SSSR count). The van der Waals surface area contributed by atoms with Gasteiger partial charge in [0.2, 0.25) is 0 Å². The fraction of sp³-hybridized carbons (Fsp3) is 0.444. The highest BCUT2D eigenvalue weighted by molar-refractivity contribution is 6.18. The van der Waals surface area contributed by atoms with Gasteiger partial charge in [0.25, 0.3) is 0 Å². The molecular weight excluding hydrogens is 301 g/mol. The summed E-state index contributed by atoms with van der Waals surface area (Å²) < 4.78 is 9.50. The van der Waals surface area contributed by atoms with Gasteiger partial charge in [-0.05, 0) is 25.0 Å². The van der Waals surface area contributed by atoms with Gasteiger partial charge >= 0.3 is 0 Å². The summed E-state index contributed by atoms with van der Waals surface area (Å²) in [5.41, 5.74) is 7.34. The van der Waals surface area contributed by atoms with E-state index in [1.54, 1.807) is 0 Å². The van der Waals surface area contributed by atoms with E-state index in [1.165, 1.54) is 0 Å². The molecule has 0 radical (unpaired) electrons. The lowest BCUT2D eigenvalue weighted by molar-refractivity contribution is 0.187. The van der Waals surface area contributed by atoms with Crippen LogP contribution in [0.5, 0.6) is 0 Å². The number of rotatable bonds is 4. The van der Waals surface area contributed by atoms with Crippen molar-refractivity contribution in [3.05, 3.63) is 53.6 Å². The minimum atomic E-state index is -0.542. The predicted molar refractivity (Wildman–Crippen MR) is 99.1 cm³/mol. The Bertz CT molecular complexity index is 364. The van der Waals surface area contributed by atoms with Gasteiger partial charge in [0, 0.05) is 12.4 Å². The normalized spacial score (nSPS) is 10.8. The number of hydrogen-bond acceptors (Lipinski definition) is 2. The molecule has 1 atom stereocenters. The van der Waals surface area contributed by atoms with Gasteiger partial charge < -0.3 is 10.8 Å². The summed E-state index contributed by atoms with van der Waals surface area (Å²) in [6, 6.07) is 7.72. The van der Waals surface area contributed by atoms with Crippen LogP contribution in [0.4, 0.5) is 4.39 Å². The lowest BCUT2D eigenvalue weighted by Gasteiger charge is -2.07. The maximum absolute atomic E-state index is 9.50. The molecule has 0 spiro atoms. The lowest BCUT2D eigenvalue weighted by atomic mass is 10.1. The average molecular weight is 332 g/mol. The van der Waals surface area contributed by atoms with E-state index in [9.17, 15) is 9.50 Å². The van der Waals surface area contributed by atoms with Gasteiger partial charge in [-0.15, -0.1) is 11.6 Å². The maximum atomic E-state index is 9.50. The predicted octanol–water partition coefficient (Wildman–Crippen LogP) is 5.13. The van der Waals surface area contributed by atoms with Crippen LogP contribution in [0.25, 0.3) is 6.08 Å². The van der Waals surface area contributed by atoms with Crippen molar-refractivity contribution in [2.24, 2.45) is 5.73 Å². The first-order valence-electron chi connectivity index (χ1n) is 7.35. The van der Waals surface area contributed by atoms with Crippen LogP contribution in [-0.2, 0) is 0 Å². The van der Waals surface area contributed by atoms with Crippen LogP contribution in [0.3, 0.4) is 0 Å². The summed E-state index contributed by atoms with van der Waals surface area (Å²) in [5.74, 6) is 0.635. The molecule has 0 saturated heterocycles. The Kier molecular flexibility index (Phi) is 25.9. The first-order valence-corrected chi connectivity index (χ1v) is 7.88. The van der Waals surface area contributed by atoms with Gasteiger partial charge in [0.05, 0.1) is 13.3 Å². The van der Waals surface area contributed by atoms with E-state index in [-0.39, 0.29) is 6.54 Å². The lowest BCUT2D eigenvalue weighted by Crippen LogP contribution is -2.11. The zero-order valence-electron chi connectivity index (χ0n) is 14.4. The Labute approximate surface area is 140 Å². The molecule has 2 nitrogen and oxygen atoms in total. The van der Waals surface area contributed by atoms with Gasteiger partial charge in [0.15, 0.2) is 0 Å². The number of allylic oxidation sites excluding steroid dienone is 3. The fourth-order valence-corrected chi connectivity index (χ4v) is 1.43. The molecule has 3 N–H and O–H groups in total. The van der Waals surface area contributed by atoms with Crippen LogP contribution < -0.4 is 5.73 Å². The van der Waals surface area contributed by atoms with Crippen LogP contribution in [0.15, 0.2) is 42.5 Å². The quantitative estimate of drug-likeness (QED) is 0.593. The molecule has 128 valence electrons. The van der Waals surface area contributed by atoms with E-state index in [4.69, 9.17) is 17.3 Å². The summed E-state index contributed by atoms with van der Waals surface area (Å²) in [4.78, 5) is 0. The molecule has 0 fully saturated rings. The zero-order chi connectivity index (χ0) is 17.8. The smallest absolute Gasteiger partial charge is 0.0912 e. The molecule has 0 saturated carbocycles. The van der Waals surface area contributed by atoms with Gasteiger partial charge in [-0.3, -0.25) is 4.39 Å². The fourth-order valence-electron chi connectivity index (χ4n) is 1.25. The second-order valence-corrected chi connectivity index (χ2v) is 3.95.